The summed E-state index contributed by atoms with van der Waals surface area (Å²) < 4.78 is 10.4. The lowest BCUT2D eigenvalue weighted by Gasteiger charge is -2.00. The molecule has 0 spiro atoms. The predicted molar refractivity (Wildman–Crippen MR) is 89.2 cm³/mol. The van der Waals surface area contributed by atoms with E-state index in [0.29, 0.717) is 22.9 Å². The van der Waals surface area contributed by atoms with Crippen LogP contribution in [0.25, 0.3) is 11.1 Å². The van der Waals surface area contributed by atoms with Crippen molar-refractivity contribution >= 4 is 34.7 Å². The zero-order valence-corrected chi connectivity index (χ0v) is 13.1. The number of benzene rings is 2. The normalized spacial score (nSPS) is 11.1. The molecule has 0 aliphatic heterocycles. The SMILES string of the molecule is COc1ccc2nc(/N=C/c3cc([N+](=O)[O-])cc([N+](=O)[O-])c3O)oc2c1. The number of phenolic OH excluding ortho intramolecular Hbond substituents is 1. The van der Waals surface area contributed by atoms with E-state index in [1.165, 1.54) is 7.11 Å². The van der Waals surface area contributed by atoms with Crippen LogP contribution in [0.4, 0.5) is 17.4 Å². The van der Waals surface area contributed by atoms with E-state index in [9.17, 15) is 25.3 Å². The van der Waals surface area contributed by atoms with E-state index in [1.807, 2.05) is 0 Å². The lowest BCUT2D eigenvalue weighted by Crippen LogP contribution is -1.96. The predicted octanol–water partition coefficient (Wildman–Crippen LogP) is 3.11. The molecule has 3 aromatic rings. The number of non-ortho nitro benzene ring substituents is 1. The van der Waals surface area contributed by atoms with Crippen LogP contribution in [-0.4, -0.2) is 33.3 Å². The van der Waals surface area contributed by atoms with Crippen LogP contribution in [0.15, 0.2) is 39.7 Å². The number of nitrogens with zero attached hydrogens (tertiary/aromatic N) is 4. The maximum Gasteiger partial charge on any atom is 0.322 e. The first-order valence-electron chi connectivity index (χ1n) is 7.03. The fraction of sp³-hybridized carbons (Fsp3) is 0.0667. The summed E-state index contributed by atoms with van der Waals surface area (Å²) in [6.45, 7) is 0. The molecule has 1 heterocycles. The lowest BCUT2D eigenvalue weighted by atomic mass is 10.1. The van der Waals surface area contributed by atoms with Gasteiger partial charge in [-0.15, -0.1) is 0 Å². The molecule has 2 aromatic carbocycles. The van der Waals surface area contributed by atoms with Gasteiger partial charge in [-0.25, -0.2) is 4.99 Å². The third kappa shape index (κ3) is 3.13. The Morgan fingerprint density at radius 1 is 1.23 bits per heavy atom. The Bertz CT molecular complexity index is 1060. The molecule has 0 amide bonds. The third-order valence-corrected chi connectivity index (χ3v) is 3.41. The molecule has 26 heavy (non-hydrogen) atoms. The lowest BCUT2D eigenvalue weighted by molar-refractivity contribution is -0.394. The van der Waals surface area contributed by atoms with Gasteiger partial charge < -0.3 is 14.3 Å². The molecule has 1 aromatic heterocycles. The summed E-state index contributed by atoms with van der Waals surface area (Å²) in [5.41, 5.74) is -0.690. The number of nitro benzene ring substituents is 2. The van der Waals surface area contributed by atoms with E-state index < -0.39 is 27.0 Å². The fourth-order valence-electron chi connectivity index (χ4n) is 2.17. The highest BCUT2D eigenvalue weighted by Gasteiger charge is 2.23. The smallest absolute Gasteiger partial charge is 0.322 e. The molecule has 11 heteroatoms. The van der Waals surface area contributed by atoms with E-state index >= 15 is 0 Å². The number of aliphatic imine (C=N–C) groups is 1. The van der Waals surface area contributed by atoms with Gasteiger partial charge in [0.25, 0.3) is 5.69 Å². The van der Waals surface area contributed by atoms with Crippen molar-refractivity contribution < 1.29 is 24.1 Å². The summed E-state index contributed by atoms with van der Waals surface area (Å²) in [4.78, 5) is 28.1. The average Bonchev–Trinajstić information content (AvgIpc) is 3.02. The number of phenols is 1. The van der Waals surface area contributed by atoms with Gasteiger partial charge in [0.1, 0.15) is 11.3 Å². The number of aromatic nitrogens is 1. The second-order valence-corrected chi connectivity index (χ2v) is 5.01. The van der Waals surface area contributed by atoms with Crippen LogP contribution in [0.1, 0.15) is 5.56 Å². The number of hydrogen-bond acceptors (Lipinski definition) is 9. The summed E-state index contributed by atoms with van der Waals surface area (Å²) in [5, 5.41) is 31.8. The van der Waals surface area contributed by atoms with Gasteiger partial charge in [-0.2, -0.15) is 4.98 Å². The molecule has 0 saturated heterocycles. The van der Waals surface area contributed by atoms with Crippen molar-refractivity contribution in [3.63, 3.8) is 0 Å². The first kappa shape index (κ1) is 16.8. The monoisotopic (exact) mass is 358 g/mol. The third-order valence-electron chi connectivity index (χ3n) is 3.41. The van der Waals surface area contributed by atoms with Crippen molar-refractivity contribution in [2.75, 3.05) is 7.11 Å². The van der Waals surface area contributed by atoms with Gasteiger partial charge in [-0.1, -0.05) is 0 Å². The van der Waals surface area contributed by atoms with E-state index in [1.54, 1.807) is 18.2 Å². The fourth-order valence-corrected chi connectivity index (χ4v) is 2.17. The van der Waals surface area contributed by atoms with Crippen LogP contribution >= 0.6 is 0 Å². The molecule has 0 saturated carbocycles. The summed E-state index contributed by atoms with van der Waals surface area (Å²) in [7, 11) is 1.49. The summed E-state index contributed by atoms with van der Waals surface area (Å²) in [6, 6.07) is 6.44. The molecule has 0 fully saturated rings. The van der Waals surface area contributed by atoms with Crippen molar-refractivity contribution in [2.24, 2.45) is 4.99 Å². The highest BCUT2D eigenvalue weighted by atomic mass is 16.6. The topological polar surface area (TPSA) is 154 Å². The number of ether oxygens (including phenoxy) is 1. The number of hydrogen-bond donors (Lipinski definition) is 1. The zero-order chi connectivity index (χ0) is 18.8. The zero-order valence-electron chi connectivity index (χ0n) is 13.1. The van der Waals surface area contributed by atoms with Crippen LogP contribution in [0.3, 0.4) is 0 Å². The molecule has 0 unspecified atom stereocenters. The minimum absolute atomic E-state index is 0.0955. The van der Waals surface area contributed by atoms with E-state index in [-0.39, 0.29) is 11.6 Å². The number of rotatable bonds is 5. The number of methoxy groups -OCH3 is 1. The van der Waals surface area contributed by atoms with Crippen molar-refractivity contribution in [3.05, 3.63) is 56.1 Å². The van der Waals surface area contributed by atoms with Crippen molar-refractivity contribution in [2.45, 2.75) is 0 Å². The highest BCUT2D eigenvalue weighted by molar-refractivity contribution is 5.88. The Hall–Kier alpha value is -4.02. The highest BCUT2D eigenvalue weighted by Crippen LogP contribution is 2.34. The molecule has 0 bridgehead atoms. The van der Waals surface area contributed by atoms with Gasteiger partial charge in [0, 0.05) is 23.9 Å². The number of oxazole rings is 1. The number of fused-ring (bicyclic) bond motifs is 1. The standard InChI is InChI=1S/C15H10N4O7/c1-25-10-2-3-11-13(6-10)26-15(17-11)16-7-8-4-9(18(21)22)5-12(14(8)20)19(23)24/h2-7,20H,1H3/b16-7+. The first-order valence-corrected chi connectivity index (χ1v) is 7.03. The molecule has 132 valence electrons. The summed E-state index contributed by atoms with van der Waals surface area (Å²) in [5.74, 6) is -0.196. The Kier molecular flexibility index (Phi) is 4.19. The molecule has 0 aliphatic carbocycles. The van der Waals surface area contributed by atoms with E-state index in [0.717, 1.165) is 12.3 Å². The van der Waals surface area contributed by atoms with Crippen LogP contribution in [-0.2, 0) is 0 Å². The quantitative estimate of drug-likeness (QED) is 0.414. The molecule has 11 nitrogen and oxygen atoms in total. The molecule has 0 aliphatic rings. The van der Waals surface area contributed by atoms with Gasteiger partial charge in [-0.3, -0.25) is 20.2 Å². The summed E-state index contributed by atoms with van der Waals surface area (Å²) >= 11 is 0. The van der Waals surface area contributed by atoms with Gasteiger partial charge in [0.2, 0.25) is 5.75 Å². The van der Waals surface area contributed by atoms with E-state index in [2.05, 4.69) is 9.98 Å². The molecule has 1 N–H and O–H groups in total. The molecular weight excluding hydrogens is 348 g/mol. The van der Waals surface area contributed by atoms with Crippen LogP contribution in [0.5, 0.6) is 11.5 Å². The van der Waals surface area contributed by atoms with Crippen LogP contribution < -0.4 is 4.74 Å². The Morgan fingerprint density at radius 3 is 2.65 bits per heavy atom. The number of aromatic hydroxyl groups is 1. The molecule has 3 rings (SSSR count). The van der Waals surface area contributed by atoms with Gasteiger partial charge in [0.05, 0.1) is 23.0 Å². The Labute approximate surface area is 144 Å². The minimum Gasteiger partial charge on any atom is -0.502 e. The second kappa shape index (κ2) is 6.47. The van der Waals surface area contributed by atoms with Gasteiger partial charge in [-0.05, 0) is 12.1 Å². The van der Waals surface area contributed by atoms with Gasteiger partial charge in [0.15, 0.2) is 5.58 Å². The van der Waals surface area contributed by atoms with Crippen molar-refractivity contribution in [3.8, 4) is 11.5 Å². The first-order chi connectivity index (χ1) is 12.4. The van der Waals surface area contributed by atoms with Gasteiger partial charge >= 0.3 is 11.7 Å². The van der Waals surface area contributed by atoms with E-state index in [4.69, 9.17) is 9.15 Å². The molecule has 0 atom stereocenters. The van der Waals surface area contributed by atoms with Crippen molar-refractivity contribution in [1.82, 2.24) is 4.98 Å². The Morgan fingerprint density at radius 2 is 2.00 bits per heavy atom. The second-order valence-electron chi connectivity index (χ2n) is 5.01. The maximum absolute atomic E-state index is 10.9. The summed E-state index contributed by atoms with van der Waals surface area (Å²) in [6.07, 6.45) is 0.997. The number of nitro groups is 2. The molecule has 0 radical (unpaired) electrons. The molecular formula is C15H10N4O7. The van der Waals surface area contributed by atoms with Crippen LogP contribution in [0.2, 0.25) is 0 Å². The minimum atomic E-state index is -0.925. The van der Waals surface area contributed by atoms with Crippen LogP contribution in [0, 0.1) is 20.2 Å². The Balaban J connectivity index is 2.02. The average molecular weight is 358 g/mol. The maximum atomic E-state index is 10.9. The van der Waals surface area contributed by atoms with Crippen molar-refractivity contribution in [1.29, 1.82) is 0 Å². The largest absolute Gasteiger partial charge is 0.502 e.